The fourth-order valence-electron chi connectivity index (χ4n) is 5.93. The van der Waals surface area contributed by atoms with Crippen LogP contribution in [0.25, 0.3) is 5.57 Å². The fraction of sp³-hybridized carbons (Fsp3) is 0.276. The van der Waals surface area contributed by atoms with E-state index in [-0.39, 0.29) is 21.6 Å². The average Bonchev–Trinajstić information content (AvgIpc) is 2.90. The van der Waals surface area contributed by atoms with Gasteiger partial charge in [-0.2, -0.15) is 8.42 Å². The zero-order chi connectivity index (χ0) is 32.3. The molecule has 0 aliphatic heterocycles. The van der Waals surface area contributed by atoms with Gasteiger partial charge in [0.2, 0.25) is 5.78 Å². The number of amides is 1. The summed E-state index contributed by atoms with van der Waals surface area (Å²) in [6.45, 7) is 5.76. The number of aryl methyl sites for hydroxylation is 1. The summed E-state index contributed by atoms with van der Waals surface area (Å²) in [7, 11) is -1.09. The largest absolute Gasteiger partial charge is 0.510 e. The van der Waals surface area contributed by atoms with E-state index >= 15 is 0 Å². The van der Waals surface area contributed by atoms with E-state index in [0.717, 1.165) is 5.56 Å². The van der Waals surface area contributed by atoms with Crippen molar-refractivity contribution in [2.75, 3.05) is 14.1 Å². The van der Waals surface area contributed by atoms with Gasteiger partial charge < -0.3 is 31.3 Å². The number of carbonyl (C=O) groups is 3. The van der Waals surface area contributed by atoms with Gasteiger partial charge >= 0.3 is 0 Å². The number of fused-ring (bicyclic) bond motifs is 3. The molecule has 0 bridgehead atoms. The minimum Gasteiger partial charge on any atom is -0.510 e. The normalized spacial score (nSPS) is 26.8. The summed E-state index contributed by atoms with van der Waals surface area (Å²) in [5.41, 5.74) is 2.01. The van der Waals surface area contributed by atoms with Gasteiger partial charge in [-0.1, -0.05) is 36.4 Å². The van der Waals surface area contributed by atoms with Gasteiger partial charge in [0.25, 0.3) is 16.0 Å². The molecule has 43 heavy (non-hydrogen) atoms. The summed E-state index contributed by atoms with van der Waals surface area (Å²) >= 11 is 0. The summed E-state index contributed by atoms with van der Waals surface area (Å²) in [6, 6.07) is 8.91. The van der Waals surface area contributed by atoms with E-state index in [1.165, 1.54) is 49.3 Å². The van der Waals surface area contributed by atoms with Gasteiger partial charge in [0, 0.05) is 5.92 Å². The van der Waals surface area contributed by atoms with Gasteiger partial charge in [0.15, 0.2) is 11.4 Å². The Balaban J connectivity index is 0.000000324. The number of nitrogens with two attached hydrogens (primary N) is 1. The minimum atomic E-state index is -4.02. The highest BCUT2D eigenvalue weighted by molar-refractivity contribution is 7.85. The number of rotatable bonds is 3. The summed E-state index contributed by atoms with van der Waals surface area (Å²) in [4.78, 5) is 39.6. The number of benzene rings is 2. The van der Waals surface area contributed by atoms with E-state index in [2.05, 4.69) is 6.58 Å². The van der Waals surface area contributed by atoms with Crippen LogP contribution < -0.4 is 5.73 Å². The van der Waals surface area contributed by atoms with Gasteiger partial charge in [-0.25, -0.2) is 0 Å². The zero-order valence-corrected chi connectivity index (χ0v) is 24.0. The Morgan fingerprint density at radius 1 is 1.05 bits per heavy atom. The first-order valence-electron chi connectivity index (χ1n) is 12.7. The fourth-order valence-corrected chi connectivity index (χ4v) is 6.41. The number of hydrogen-bond donors (Lipinski definition) is 7. The first-order chi connectivity index (χ1) is 19.9. The van der Waals surface area contributed by atoms with Crippen LogP contribution in [-0.4, -0.2) is 92.7 Å². The van der Waals surface area contributed by atoms with Crippen LogP contribution in [0.15, 0.2) is 76.6 Å². The number of ketones is 2. The number of aliphatic hydroxyl groups excluding tert-OH is 3. The lowest BCUT2D eigenvalue weighted by Gasteiger charge is -2.52. The van der Waals surface area contributed by atoms with E-state index in [9.17, 15) is 48.3 Å². The molecule has 0 spiro atoms. The van der Waals surface area contributed by atoms with E-state index < -0.39 is 85.6 Å². The van der Waals surface area contributed by atoms with Crippen LogP contribution in [0.2, 0.25) is 0 Å². The second kappa shape index (κ2) is 10.7. The molecule has 2 aromatic carbocycles. The number of nitrogens with zero attached hydrogens (tertiary/aromatic N) is 1. The Morgan fingerprint density at radius 2 is 1.63 bits per heavy atom. The van der Waals surface area contributed by atoms with Crippen molar-refractivity contribution in [3.63, 3.8) is 0 Å². The summed E-state index contributed by atoms with van der Waals surface area (Å²) in [5.74, 6) is -8.77. The highest BCUT2D eigenvalue weighted by Gasteiger charge is 2.67. The van der Waals surface area contributed by atoms with Gasteiger partial charge in [-0.05, 0) is 50.4 Å². The minimum absolute atomic E-state index is 0.0666. The molecular formula is C29H30N2O11S. The Kier molecular flexibility index (Phi) is 7.89. The molecule has 0 saturated carbocycles. The monoisotopic (exact) mass is 614 g/mol. The van der Waals surface area contributed by atoms with Crippen LogP contribution in [0.1, 0.15) is 21.5 Å². The maximum atomic E-state index is 13.3. The van der Waals surface area contributed by atoms with Crippen LogP contribution in [0.5, 0.6) is 5.75 Å². The van der Waals surface area contributed by atoms with E-state index in [0.29, 0.717) is 0 Å². The molecule has 14 heteroatoms. The molecule has 5 atom stereocenters. The molecule has 2 aromatic rings. The molecule has 0 heterocycles. The van der Waals surface area contributed by atoms with Crippen molar-refractivity contribution < 1.29 is 52.9 Å². The van der Waals surface area contributed by atoms with Crippen molar-refractivity contribution in [1.29, 1.82) is 0 Å². The smallest absolute Gasteiger partial charge is 0.294 e. The van der Waals surface area contributed by atoms with Crippen LogP contribution in [0, 0.1) is 18.8 Å². The Hall–Kier alpha value is -4.34. The number of hydrogen-bond acceptors (Lipinski definition) is 11. The molecule has 8 N–H and O–H groups in total. The van der Waals surface area contributed by atoms with Gasteiger partial charge in [-0.15, -0.1) is 0 Å². The molecule has 5 rings (SSSR count). The van der Waals surface area contributed by atoms with E-state index in [4.69, 9.17) is 10.3 Å². The van der Waals surface area contributed by atoms with Gasteiger partial charge in [-0.3, -0.25) is 23.8 Å². The topological polar surface area (TPSA) is 236 Å². The van der Waals surface area contributed by atoms with Crippen molar-refractivity contribution in [2.45, 2.75) is 29.6 Å². The van der Waals surface area contributed by atoms with Crippen LogP contribution in [-0.2, 0) is 19.7 Å². The third kappa shape index (κ3) is 4.82. The first kappa shape index (κ1) is 31.6. The summed E-state index contributed by atoms with van der Waals surface area (Å²) < 4.78 is 29.6. The predicted octanol–water partition coefficient (Wildman–Crippen LogP) is 0.804. The van der Waals surface area contributed by atoms with E-state index in [1.807, 2.05) is 6.92 Å². The summed E-state index contributed by atoms with van der Waals surface area (Å²) in [6.07, 6.45) is -1.69. The molecule has 0 aromatic heterocycles. The predicted molar refractivity (Wildman–Crippen MR) is 151 cm³/mol. The SMILES string of the molecule is C=C1c2cccc(O)c2C(=O)C2=C(O)[C@]3(O)C(=O)C(C(N)=O)=C(O)[C@@H](N(C)C)[C@@H]3[C@@H](O)[C@H]12.Cc1ccc(S(=O)(=O)O)cc1. The molecule has 0 radical (unpaired) electrons. The number of likely N-dealkylation sites (N-methyl/N-ethyl adjacent to an activating group) is 1. The quantitative estimate of drug-likeness (QED) is 0.188. The van der Waals surface area contributed by atoms with Crippen molar-refractivity contribution in [2.24, 2.45) is 17.6 Å². The molecular weight excluding hydrogens is 584 g/mol. The van der Waals surface area contributed by atoms with Crippen molar-refractivity contribution >= 4 is 33.2 Å². The molecule has 13 nitrogen and oxygen atoms in total. The van der Waals surface area contributed by atoms with Crippen LogP contribution >= 0.6 is 0 Å². The van der Waals surface area contributed by atoms with Gasteiger partial charge in [0.1, 0.15) is 22.8 Å². The lowest BCUT2D eigenvalue weighted by atomic mass is 9.56. The molecule has 0 fully saturated rings. The number of carbonyl (C=O) groups excluding carboxylic acids is 3. The van der Waals surface area contributed by atoms with Gasteiger partial charge in [0.05, 0.1) is 34.1 Å². The number of primary amides is 1. The van der Waals surface area contributed by atoms with E-state index in [1.54, 1.807) is 12.1 Å². The van der Waals surface area contributed by atoms with Crippen molar-refractivity contribution in [3.8, 4) is 5.75 Å². The number of phenols is 1. The van der Waals surface area contributed by atoms with Crippen molar-refractivity contribution in [3.05, 3.63) is 88.4 Å². The van der Waals surface area contributed by atoms with Crippen LogP contribution in [0.4, 0.5) is 0 Å². The Bertz CT molecular complexity index is 1740. The maximum Gasteiger partial charge on any atom is 0.294 e. The van der Waals surface area contributed by atoms with Crippen molar-refractivity contribution in [1.82, 2.24) is 4.90 Å². The maximum absolute atomic E-state index is 13.3. The molecule has 0 unspecified atom stereocenters. The molecule has 3 aliphatic rings. The second-order valence-corrected chi connectivity index (χ2v) is 12.1. The highest BCUT2D eigenvalue weighted by atomic mass is 32.2. The third-order valence-electron chi connectivity index (χ3n) is 7.93. The second-order valence-electron chi connectivity index (χ2n) is 10.7. The summed E-state index contributed by atoms with van der Waals surface area (Å²) in [5, 5.41) is 54.8. The standard InChI is InChI=1S/C22H22N2O8.C7H8O3S/c1-7-8-5-4-6-9(25)11(8)16(26)12-10(7)17(27)14-15(24(2)3)18(28)13(21(23)31)20(30)22(14,32)19(12)29;1-6-2-4-7(5-3-6)11(8,9)10/h4-6,10,14-15,17,25,27-29,32H,1H2,2-3H3,(H2,23,31);2-5H,1H3,(H,8,9,10)/t10-,14-,15+,17+,22+;/m1./s1. The van der Waals surface area contributed by atoms with Crippen LogP contribution in [0.3, 0.4) is 0 Å². The number of Topliss-reactive ketones (excluding diaryl/α,β-unsaturated/α-hetero) is 2. The highest BCUT2D eigenvalue weighted by Crippen LogP contribution is 2.54. The molecule has 1 amide bonds. The molecule has 228 valence electrons. The Morgan fingerprint density at radius 3 is 2.14 bits per heavy atom. The first-order valence-corrected chi connectivity index (χ1v) is 14.2. The molecule has 3 aliphatic carbocycles. The number of aromatic hydroxyl groups is 1. The number of phenolic OH excluding ortho intramolecular Hbond substituents is 1. The average molecular weight is 615 g/mol. The lowest BCUT2D eigenvalue weighted by molar-refractivity contribution is -0.159. The lowest BCUT2D eigenvalue weighted by Crippen LogP contribution is -2.68. The zero-order valence-electron chi connectivity index (χ0n) is 23.2. The third-order valence-corrected chi connectivity index (χ3v) is 8.79. The Labute approximate surface area is 246 Å². The molecule has 0 saturated heterocycles. The number of aliphatic hydroxyl groups is 4.